The van der Waals surface area contributed by atoms with Crippen LogP contribution in [-0.2, 0) is 0 Å². The van der Waals surface area contributed by atoms with Crippen LogP contribution in [0.5, 0.6) is 5.75 Å². The van der Waals surface area contributed by atoms with Crippen LogP contribution in [0.15, 0.2) is 24.3 Å². The molecule has 112 valence electrons. The normalized spacial score (nSPS) is 20.0. The molecule has 0 saturated carbocycles. The number of piperidine rings is 1. The van der Waals surface area contributed by atoms with Gasteiger partial charge in [-0.05, 0) is 36.8 Å². The van der Waals surface area contributed by atoms with E-state index in [1.807, 2.05) is 6.07 Å². The minimum atomic E-state index is 0.284. The van der Waals surface area contributed by atoms with E-state index in [0.717, 1.165) is 44.7 Å². The van der Waals surface area contributed by atoms with Gasteiger partial charge in [-0.3, -0.25) is 0 Å². The van der Waals surface area contributed by atoms with Gasteiger partial charge in [0, 0.05) is 19.1 Å². The Morgan fingerprint density at radius 2 is 2.05 bits per heavy atom. The van der Waals surface area contributed by atoms with Gasteiger partial charge in [-0.2, -0.15) is 0 Å². The third kappa shape index (κ3) is 4.41. The number of anilines is 1. The number of ether oxygens (including phenoxy) is 1. The van der Waals surface area contributed by atoms with Crippen LogP contribution < -0.4 is 15.4 Å². The molecule has 1 aromatic carbocycles. The van der Waals surface area contributed by atoms with Crippen LogP contribution in [-0.4, -0.2) is 25.7 Å². The fourth-order valence-electron chi connectivity index (χ4n) is 2.54. The van der Waals surface area contributed by atoms with E-state index in [0.29, 0.717) is 5.41 Å². The Balaban J connectivity index is 2.02. The molecule has 0 bridgehead atoms. The molecule has 20 heavy (non-hydrogen) atoms. The second-order valence-electron chi connectivity index (χ2n) is 6.98. The first-order chi connectivity index (χ1) is 9.46. The van der Waals surface area contributed by atoms with Gasteiger partial charge in [-0.25, -0.2) is 0 Å². The Morgan fingerprint density at radius 1 is 1.30 bits per heavy atom. The molecule has 0 radical (unpaired) electrons. The lowest BCUT2D eigenvalue weighted by Gasteiger charge is -2.33. The monoisotopic (exact) mass is 276 g/mol. The summed E-state index contributed by atoms with van der Waals surface area (Å²) >= 11 is 0. The number of para-hydroxylation sites is 2. The van der Waals surface area contributed by atoms with Crippen LogP contribution in [0, 0.1) is 5.41 Å². The maximum atomic E-state index is 6.09. The summed E-state index contributed by atoms with van der Waals surface area (Å²) in [6, 6.07) is 8.61. The van der Waals surface area contributed by atoms with Crippen LogP contribution in [0.4, 0.5) is 5.69 Å². The molecular formula is C17H28N2O. The van der Waals surface area contributed by atoms with E-state index in [2.05, 4.69) is 43.9 Å². The van der Waals surface area contributed by atoms with Gasteiger partial charge < -0.3 is 15.4 Å². The van der Waals surface area contributed by atoms with Crippen LogP contribution in [0.1, 0.15) is 40.0 Å². The predicted octanol–water partition coefficient (Wildman–Crippen LogP) is 3.43. The fraction of sp³-hybridized carbons (Fsp3) is 0.647. The molecule has 0 aliphatic carbocycles. The highest BCUT2D eigenvalue weighted by Gasteiger charge is 2.19. The van der Waals surface area contributed by atoms with Crippen LogP contribution in [0.25, 0.3) is 0 Å². The third-order valence-electron chi connectivity index (χ3n) is 3.77. The molecule has 2 rings (SSSR count). The van der Waals surface area contributed by atoms with Gasteiger partial charge in [0.2, 0.25) is 0 Å². The Bertz CT molecular complexity index is 425. The van der Waals surface area contributed by atoms with E-state index < -0.39 is 0 Å². The largest absolute Gasteiger partial charge is 0.491 e. The first-order valence-corrected chi connectivity index (χ1v) is 7.68. The van der Waals surface area contributed by atoms with Crippen molar-refractivity contribution in [2.24, 2.45) is 11.1 Å². The highest BCUT2D eigenvalue weighted by atomic mass is 16.5. The summed E-state index contributed by atoms with van der Waals surface area (Å²) in [6.45, 7) is 9.50. The Hall–Kier alpha value is -1.22. The minimum Gasteiger partial charge on any atom is -0.491 e. The molecule has 1 fully saturated rings. The molecule has 1 heterocycles. The molecule has 1 aliphatic rings. The second kappa shape index (κ2) is 6.49. The van der Waals surface area contributed by atoms with Crippen molar-refractivity contribution in [1.82, 2.24) is 0 Å². The van der Waals surface area contributed by atoms with Crippen molar-refractivity contribution in [3.63, 3.8) is 0 Å². The van der Waals surface area contributed by atoms with Gasteiger partial charge in [0.1, 0.15) is 5.75 Å². The van der Waals surface area contributed by atoms with E-state index in [9.17, 15) is 0 Å². The van der Waals surface area contributed by atoms with Gasteiger partial charge in [-0.15, -0.1) is 0 Å². The number of nitrogens with zero attached hydrogens (tertiary/aromatic N) is 1. The van der Waals surface area contributed by atoms with Crippen molar-refractivity contribution in [2.75, 3.05) is 24.6 Å². The van der Waals surface area contributed by atoms with Crippen LogP contribution >= 0.6 is 0 Å². The summed E-state index contributed by atoms with van der Waals surface area (Å²) in [6.07, 6.45) is 3.35. The minimum absolute atomic E-state index is 0.284. The maximum Gasteiger partial charge on any atom is 0.142 e. The molecule has 3 nitrogen and oxygen atoms in total. The number of hydrogen-bond acceptors (Lipinski definition) is 3. The topological polar surface area (TPSA) is 38.5 Å². The molecule has 0 amide bonds. The van der Waals surface area contributed by atoms with E-state index in [1.165, 1.54) is 5.69 Å². The first kappa shape index (κ1) is 15.2. The molecule has 1 aliphatic heterocycles. The zero-order chi connectivity index (χ0) is 14.6. The average Bonchev–Trinajstić information content (AvgIpc) is 2.38. The number of rotatable bonds is 4. The van der Waals surface area contributed by atoms with Gasteiger partial charge in [0.05, 0.1) is 12.3 Å². The van der Waals surface area contributed by atoms with Gasteiger partial charge in [0.25, 0.3) is 0 Å². The zero-order valence-electron chi connectivity index (χ0n) is 13.1. The van der Waals surface area contributed by atoms with Gasteiger partial charge >= 0.3 is 0 Å². The first-order valence-electron chi connectivity index (χ1n) is 7.68. The lowest BCUT2D eigenvalue weighted by atomic mass is 9.93. The molecule has 1 saturated heterocycles. The summed E-state index contributed by atoms with van der Waals surface area (Å²) < 4.78 is 6.02. The summed E-state index contributed by atoms with van der Waals surface area (Å²) in [5.41, 5.74) is 7.59. The SMILES string of the molecule is CC(C)(C)CCOc1ccccc1N1CCCC(N)C1. The van der Waals surface area contributed by atoms with E-state index >= 15 is 0 Å². The lowest BCUT2D eigenvalue weighted by Crippen LogP contribution is -2.43. The van der Waals surface area contributed by atoms with E-state index in [-0.39, 0.29) is 6.04 Å². The standard InChI is InChI=1S/C17H28N2O/c1-17(2,3)10-12-20-16-9-5-4-8-15(16)19-11-6-7-14(18)13-19/h4-5,8-9,14H,6-7,10-13,18H2,1-3H3. The Kier molecular flexibility index (Phi) is 4.92. The highest BCUT2D eigenvalue weighted by molar-refractivity contribution is 5.58. The number of benzene rings is 1. The summed E-state index contributed by atoms with van der Waals surface area (Å²) in [7, 11) is 0. The van der Waals surface area contributed by atoms with Crippen molar-refractivity contribution < 1.29 is 4.74 Å². The van der Waals surface area contributed by atoms with Crippen LogP contribution in [0.3, 0.4) is 0 Å². The zero-order valence-corrected chi connectivity index (χ0v) is 13.1. The molecule has 1 unspecified atom stereocenters. The fourth-order valence-corrected chi connectivity index (χ4v) is 2.54. The molecule has 2 N–H and O–H groups in total. The summed E-state index contributed by atoms with van der Waals surface area (Å²) in [4.78, 5) is 2.36. The lowest BCUT2D eigenvalue weighted by molar-refractivity contribution is 0.243. The molecule has 1 atom stereocenters. The predicted molar refractivity (Wildman–Crippen MR) is 85.4 cm³/mol. The van der Waals surface area contributed by atoms with Crippen LogP contribution in [0.2, 0.25) is 0 Å². The molecule has 3 heteroatoms. The Labute approximate surface area is 123 Å². The number of nitrogens with two attached hydrogens (primary N) is 1. The van der Waals surface area contributed by atoms with Crippen molar-refractivity contribution >= 4 is 5.69 Å². The van der Waals surface area contributed by atoms with Crippen molar-refractivity contribution in [3.05, 3.63) is 24.3 Å². The highest BCUT2D eigenvalue weighted by Crippen LogP contribution is 2.30. The summed E-state index contributed by atoms with van der Waals surface area (Å²) in [5, 5.41) is 0. The van der Waals surface area contributed by atoms with Crippen molar-refractivity contribution in [2.45, 2.75) is 46.1 Å². The third-order valence-corrected chi connectivity index (χ3v) is 3.77. The van der Waals surface area contributed by atoms with E-state index in [4.69, 9.17) is 10.5 Å². The molecule has 0 spiro atoms. The molecular weight excluding hydrogens is 248 g/mol. The Morgan fingerprint density at radius 3 is 2.75 bits per heavy atom. The summed E-state index contributed by atoms with van der Waals surface area (Å²) in [5.74, 6) is 0.992. The van der Waals surface area contributed by atoms with Crippen molar-refractivity contribution in [3.8, 4) is 5.75 Å². The average molecular weight is 276 g/mol. The van der Waals surface area contributed by atoms with Crippen molar-refractivity contribution in [1.29, 1.82) is 0 Å². The second-order valence-corrected chi connectivity index (χ2v) is 6.98. The number of hydrogen-bond donors (Lipinski definition) is 1. The maximum absolute atomic E-state index is 6.09. The van der Waals surface area contributed by atoms with Gasteiger partial charge in [0.15, 0.2) is 0 Å². The smallest absolute Gasteiger partial charge is 0.142 e. The quantitative estimate of drug-likeness (QED) is 0.915. The molecule has 1 aromatic rings. The molecule has 0 aromatic heterocycles. The van der Waals surface area contributed by atoms with E-state index in [1.54, 1.807) is 0 Å². The van der Waals surface area contributed by atoms with Gasteiger partial charge in [-0.1, -0.05) is 32.9 Å².